The standard InChI is InChI=1S/C10H15ClO4/c1-5-6-10(7(2)11,8(12)14-3)9(13)15-4/h5,7H,1,6H2,2-4H3. The van der Waals surface area contributed by atoms with Crippen LogP contribution in [0.1, 0.15) is 13.3 Å². The second-order valence-corrected chi connectivity index (χ2v) is 3.72. The first-order valence-corrected chi connectivity index (χ1v) is 4.82. The van der Waals surface area contributed by atoms with E-state index in [0.29, 0.717) is 0 Å². The van der Waals surface area contributed by atoms with Crippen LogP contribution in [0.4, 0.5) is 0 Å². The van der Waals surface area contributed by atoms with Gasteiger partial charge in [0, 0.05) is 0 Å². The van der Waals surface area contributed by atoms with Crippen molar-refractivity contribution in [3.63, 3.8) is 0 Å². The minimum atomic E-state index is -1.51. The van der Waals surface area contributed by atoms with Gasteiger partial charge in [-0.05, 0) is 13.3 Å². The summed E-state index contributed by atoms with van der Waals surface area (Å²) in [6.07, 6.45) is 1.52. The van der Waals surface area contributed by atoms with Gasteiger partial charge in [0.05, 0.1) is 19.6 Å². The van der Waals surface area contributed by atoms with Gasteiger partial charge in [0.15, 0.2) is 5.41 Å². The van der Waals surface area contributed by atoms with E-state index in [9.17, 15) is 9.59 Å². The first-order chi connectivity index (χ1) is 6.97. The Kier molecular flexibility index (Phi) is 5.36. The molecule has 0 saturated carbocycles. The summed E-state index contributed by atoms with van der Waals surface area (Å²) in [5, 5.41) is -0.740. The van der Waals surface area contributed by atoms with Gasteiger partial charge >= 0.3 is 11.9 Å². The summed E-state index contributed by atoms with van der Waals surface area (Å²) in [6.45, 7) is 5.03. The molecule has 1 atom stereocenters. The lowest BCUT2D eigenvalue weighted by Crippen LogP contribution is -2.46. The summed E-state index contributed by atoms with van der Waals surface area (Å²) in [7, 11) is 2.39. The fourth-order valence-corrected chi connectivity index (χ4v) is 1.60. The summed E-state index contributed by atoms with van der Waals surface area (Å²) in [5.74, 6) is -1.42. The normalized spacial score (nSPS) is 12.8. The summed E-state index contributed by atoms with van der Waals surface area (Å²) >= 11 is 5.88. The summed E-state index contributed by atoms with van der Waals surface area (Å²) in [6, 6.07) is 0. The summed E-state index contributed by atoms with van der Waals surface area (Å²) in [5.41, 5.74) is -1.51. The van der Waals surface area contributed by atoms with Crippen LogP contribution in [0.25, 0.3) is 0 Å². The van der Waals surface area contributed by atoms with Crippen LogP contribution in [-0.2, 0) is 19.1 Å². The number of halogens is 1. The van der Waals surface area contributed by atoms with Crippen LogP contribution in [0.3, 0.4) is 0 Å². The maximum Gasteiger partial charge on any atom is 0.325 e. The number of carbonyl (C=O) groups is 2. The van der Waals surface area contributed by atoms with Crippen molar-refractivity contribution in [1.82, 2.24) is 0 Å². The first-order valence-electron chi connectivity index (χ1n) is 4.39. The van der Waals surface area contributed by atoms with Gasteiger partial charge in [0.2, 0.25) is 0 Å². The van der Waals surface area contributed by atoms with E-state index in [1.54, 1.807) is 6.92 Å². The third-order valence-corrected chi connectivity index (χ3v) is 2.62. The van der Waals surface area contributed by atoms with E-state index in [0.717, 1.165) is 0 Å². The second kappa shape index (κ2) is 5.75. The predicted octanol–water partition coefficient (Wildman–Crippen LogP) is 1.52. The summed E-state index contributed by atoms with van der Waals surface area (Å²) in [4.78, 5) is 23.2. The zero-order chi connectivity index (χ0) is 12.1. The van der Waals surface area contributed by atoms with Gasteiger partial charge < -0.3 is 9.47 Å². The van der Waals surface area contributed by atoms with Crippen molar-refractivity contribution < 1.29 is 19.1 Å². The van der Waals surface area contributed by atoms with Crippen molar-refractivity contribution in [2.24, 2.45) is 5.41 Å². The quantitative estimate of drug-likeness (QED) is 0.313. The zero-order valence-corrected chi connectivity index (χ0v) is 9.84. The molecule has 0 N–H and O–H groups in total. The lowest BCUT2D eigenvalue weighted by Gasteiger charge is -2.29. The molecular formula is C10H15ClO4. The molecule has 0 aliphatic heterocycles. The number of rotatable bonds is 5. The molecule has 15 heavy (non-hydrogen) atoms. The molecule has 0 aromatic rings. The maximum absolute atomic E-state index is 11.6. The molecule has 0 aliphatic carbocycles. The number of allylic oxidation sites excluding steroid dienone is 1. The molecule has 0 aromatic heterocycles. The molecule has 86 valence electrons. The van der Waals surface area contributed by atoms with Gasteiger partial charge in [0.1, 0.15) is 0 Å². The van der Waals surface area contributed by atoms with E-state index in [1.165, 1.54) is 20.3 Å². The molecule has 0 spiro atoms. The van der Waals surface area contributed by atoms with Gasteiger partial charge in [-0.3, -0.25) is 9.59 Å². The number of carbonyl (C=O) groups excluding carboxylic acids is 2. The molecule has 0 fully saturated rings. The van der Waals surface area contributed by atoms with Crippen molar-refractivity contribution in [3.05, 3.63) is 12.7 Å². The van der Waals surface area contributed by atoms with E-state index in [4.69, 9.17) is 11.6 Å². The topological polar surface area (TPSA) is 52.6 Å². The van der Waals surface area contributed by atoms with Gasteiger partial charge in [-0.25, -0.2) is 0 Å². The largest absolute Gasteiger partial charge is 0.468 e. The number of methoxy groups -OCH3 is 2. The average molecular weight is 235 g/mol. The Morgan fingerprint density at radius 3 is 2.00 bits per heavy atom. The lowest BCUT2D eigenvalue weighted by molar-refractivity contribution is -0.168. The molecule has 5 heteroatoms. The molecule has 0 amide bonds. The van der Waals surface area contributed by atoms with Crippen LogP contribution in [-0.4, -0.2) is 31.5 Å². The fraction of sp³-hybridized carbons (Fsp3) is 0.600. The third kappa shape index (κ3) is 2.50. The third-order valence-electron chi connectivity index (χ3n) is 2.24. The minimum Gasteiger partial charge on any atom is -0.468 e. The smallest absolute Gasteiger partial charge is 0.325 e. The highest BCUT2D eigenvalue weighted by atomic mass is 35.5. The SMILES string of the molecule is C=CCC(C(=O)OC)(C(=O)OC)C(C)Cl. The molecule has 0 aliphatic rings. The Morgan fingerprint density at radius 2 is 1.80 bits per heavy atom. The van der Waals surface area contributed by atoms with E-state index >= 15 is 0 Å². The Balaban J connectivity index is 5.35. The van der Waals surface area contributed by atoms with Crippen LogP contribution in [0.2, 0.25) is 0 Å². The monoisotopic (exact) mass is 234 g/mol. The number of alkyl halides is 1. The predicted molar refractivity (Wildman–Crippen MR) is 56.6 cm³/mol. The number of hydrogen-bond donors (Lipinski definition) is 0. The highest BCUT2D eigenvalue weighted by Gasteiger charge is 2.51. The van der Waals surface area contributed by atoms with E-state index in [-0.39, 0.29) is 6.42 Å². The lowest BCUT2D eigenvalue weighted by atomic mass is 9.81. The van der Waals surface area contributed by atoms with Crippen LogP contribution in [0, 0.1) is 5.41 Å². The average Bonchev–Trinajstić information content (AvgIpc) is 2.23. The highest BCUT2D eigenvalue weighted by Crippen LogP contribution is 2.34. The van der Waals surface area contributed by atoms with E-state index < -0.39 is 22.7 Å². The van der Waals surface area contributed by atoms with E-state index in [2.05, 4.69) is 16.1 Å². The van der Waals surface area contributed by atoms with Gasteiger partial charge in [-0.15, -0.1) is 18.2 Å². The van der Waals surface area contributed by atoms with Crippen molar-refractivity contribution in [3.8, 4) is 0 Å². The summed E-state index contributed by atoms with van der Waals surface area (Å²) < 4.78 is 9.16. The molecule has 0 heterocycles. The minimum absolute atomic E-state index is 0.0804. The number of ether oxygens (including phenoxy) is 2. The highest BCUT2D eigenvalue weighted by molar-refractivity contribution is 6.25. The first kappa shape index (κ1) is 14.0. The van der Waals surface area contributed by atoms with Crippen LogP contribution in [0.5, 0.6) is 0 Å². The Morgan fingerprint density at radius 1 is 1.40 bits per heavy atom. The Labute approximate surface area is 94.2 Å². The Bertz CT molecular complexity index is 244. The number of esters is 2. The molecule has 0 aromatic carbocycles. The molecular weight excluding hydrogens is 220 g/mol. The molecule has 0 bridgehead atoms. The molecule has 0 saturated heterocycles. The Hall–Kier alpha value is -1.03. The van der Waals surface area contributed by atoms with Crippen molar-refractivity contribution in [2.45, 2.75) is 18.7 Å². The van der Waals surface area contributed by atoms with Crippen LogP contribution in [0.15, 0.2) is 12.7 Å². The molecule has 0 rings (SSSR count). The van der Waals surface area contributed by atoms with Crippen molar-refractivity contribution >= 4 is 23.5 Å². The molecule has 0 radical (unpaired) electrons. The maximum atomic E-state index is 11.6. The van der Waals surface area contributed by atoms with E-state index in [1.807, 2.05) is 0 Å². The fourth-order valence-electron chi connectivity index (χ4n) is 1.33. The zero-order valence-electron chi connectivity index (χ0n) is 9.08. The van der Waals surface area contributed by atoms with Crippen LogP contribution < -0.4 is 0 Å². The van der Waals surface area contributed by atoms with Crippen molar-refractivity contribution in [2.75, 3.05) is 14.2 Å². The van der Waals surface area contributed by atoms with Crippen molar-refractivity contribution in [1.29, 1.82) is 0 Å². The van der Waals surface area contributed by atoms with Gasteiger partial charge in [0.25, 0.3) is 0 Å². The molecule has 1 unspecified atom stereocenters. The number of hydrogen-bond acceptors (Lipinski definition) is 4. The van der Waals surface area contributed by atoms with Gasteiger partial charge in [-0.2, -0.15) is 0 Å². The molecule has 4 nitrogen and oxygen atoms in total. The second-order valence-electron chi connectivity index (χ2n) is 3.06. The van der Waals surface area contributed by atoms with Crippen LogP contribution >= 0.6 is 11.6 Å². The van der Waals surface area contributed by atoms with Gasteiger partial charge in [-0.1, -0.05) is 6.08 Å².